The van der Waals surface area contributed by atoms with Crippen LogP contribution in [-0.4, -0.2) is 38.7 Å². The summed E-state index contributed by atoms with van der Waals surface area (Å²) in [4.78, 5) is 11.0. The van der Waals surface area contributed by atoms with Gasteiger partial charge in [-0.3, -0.25) is 4.79 Å². The minimum Gasteiger partial charge on any atom is -0.460 e. The first-order chi connectivity index (χ1) is 12.5. The van der Waals surface area contributed by atoms with E-state index in [2.05, 4.69) is 17.4 Å². The molecule has 0 heterocycles. The average Bonchev–Trinajstić information content (AvgIpc) is 3.12. The van der Waals surface area contributed by atoms with Crippen molar-refractivity contribution in [1.29, 1.82) is 0 Å². The Labute approximate surface area is 201 Å². The molecule has 0 bridgehead atoms. The molecule has 0 fully saturated rings. The largest absolute Gasteiger partial charge is 0.460 e. The molecule has 2 aromatic carbocycles. The quantitative estimate of drug-likeness (QED) is 0.357. The van der Waals surface area contributed by atoms with Gasteiger partial charge in [-0.05, 0) is 29.3 Å². The second kappa shape index (κ2) is 12.6. The minimum atomic E-state index is -0.382. The number of nitrogens with one attached hydrogen (secondary N) is 1. The van der Waals surface area contributed by atoms with Gasteiger partial charge in [-0.25, -0.2) is 0 Å². The van der Waals surface area contributed by atoms with E-state index in [4.69, 9.17) is 10.5 Å². The Balaban J connectivity index is 0.000000507. The second-order valence-corrected chi connectivity index (χ2v) is 6.81. The van der Waals surface area contributed by atoms with Gasteiger partial charge >= 0.3 is 5.97 Å². The van der Waals surface area contributed by atoms with Gasteiger partial charge < -0.3 is 28.3 Å². The van der Waals surface area contributed by atoms with Gasteiger partial charge in [0.05, 0.1) is 18.2 Å². The molecule has 0 aromatic heterocycles. The molecule has 7 heteroatoms. The van der Waals surface area contributed by atoms with E-state index in [0.29, 0.717) is 6.42 Å². The molecular weight excluding hydrogens is 440 g/mol. The number of hydrogen-bond donors (Lipinski definition) is 3. The van der Waals surface area contributed by atoms with Gasteiger partial charge in [0.15, 0.2) is 0 Å². The summed E-state index contributed by atoms with van der Waals surface area (Å²) < 4.78 is 5.30. The van der Waals surface area contributed by atoms with Crippen LogP contribution < -0.4 is 11.1 Å². The van der Waals surface area contributed by atoms with Crippen molar-refractivity contribution in [2.24, 2.45) is 5.73 Å². The molecule has 0 aliphatic heterocycles. The van der Waals surface area contributed by atoms with E-state index in [1.54, 1.807) is 0 Å². The van der Waals surface area contributed by atoms with Crippen LogP contribution in [0.15, 0.2) is 48.5 Å². The van der Waals surface area contributed by atoms with Crippen LogP contribution >= 0.6 is 0 Å². The molecule has 0 spiro atoms. The van der Waals surface area contributed by atoms with Crippen LogP contribution in [0.2, 0.25) is 0 Å². The van der Waals surface area contributed by atoms with E-state index >= 15 is 0 Å². The topological polar surface area (TPSA) is 84.6 Å². The molecule has 0 saturated carbocycles. The summed E-state index contributed by atoms with van der Waals surface area (Å²) in [7, 11) is 1.89. The van der Waals surface area contributed by atoms with Gasteiger partial charge in [-0.2, -0.15) is 0 Å². The number of benzene rings is 2. The third kappa shape index (κ3) is 6.47. The van der Waals surface area contributed by atoms with E-state index in [1.165, 1.54) is 23.6 Å². The molecule has 0 saturated heterocycles. The molecule has 5 nitrogen and oxygen atoms in total. The third-order valence-electron chi connectivity index (χ3n) is 5.07. The number of ether oxygens (including phenoxy) is 1. The van der Waals surface area contributed by atoms with Crippen LogP contribution in [0.5, 0.6) is 0 Å². The van der Waals surface area contributed by atoms with Crippen LogP contribution in [0.3, 0.4) is 0 Å². The maximum Gasteiger partial charge on any atom is 0.302 e. The molecule has 4 N–H and O–H groups in total. The maximum atomic E-state index is 11.0. The normalized spacial score (nSPS) is 23.0. The standard InChI is InChI=1S/C12H15NO2.C9H11NO.CH3.B.Y/c1-8(14)15-11-7-9-5-3-4-6-10(9)12(11)13-2;10-9-7-4-2-1-3-6(7)5-8(9)11;;;/h3-6,11-13H,7H2,1-2H3;1-4,8-9,11H,5,10H2;1H3;;/q;;-1;;. The Morgan fingerprint density at radius 1 is 1.07 bits per heavy atom. The first kappa shape index (κ1) is 28.0. The van der Waals surface area contributed by atoms with Crippen molar-refractivity contribution in [3.05, 3.63) is 78.2 Å². The van der Waals surface area contributed by atoms with Crippen molar-refractivity contribution in [2.75, 3.05) is 7.05 Å². The van der Waals surface area contributed by atoms with E-state index in [-0.39, 0.29) is 78.8 Å². The summed E-state index contributed by atoms with van der Waals surface area (Å²) in [5.74, 6) is -0.215. The van der Waals surface area contributed by atoms with Gasteiger partial charge in [0.2, 0.25) is 0 Å². The van der Waals surface area contributed by atoms with Crippen molar-refractivity contribution < 1.29 is 47.3 Å². The predicted octanol–water partition coefficient (Wildman–Crippen LogP) is 2.11. The Morgan fingerprint density at radius 3 is 2.10 bits per heavy atom. The average molecular weight is 469 g/mol. The molecule has 152 valence electrons. The number of carbonyl (C=O) groups is 1. The maximum absolute atomic E-state index is 11.0. The fraction of sp³-hybridized carbons (Fsp3) is 0.364. The molecule has 29 heavy (non-hydrogen) atoms. The number of rotatable bonds is 2. The smallest absolute Gasteiger partial charge is 0.302 e. The van der Waals surface area contributed by atoms with Crippen LogP contribution in [0.25, 0.3) is 0 Å². The third-order valence-corrected chi connectivity index (χ3v) is 5.07. The Morgan fingerprint density at radius 2 is 1.59 bits per heavy atom. The van der Waals surface area contributed by atoms with Gasteiger partial charge in [-0.1, -0.05) is 48.5 Å². The molecule has 4 atom stereocenters. The summed E-state index contributed by atoms with van der Waals surface area (Å²) in [5, 5.41) is 12.6. The first-order valence-corrected chi connectivity index (χ1v) is 8.95. The summed E-state index contributed by atoms with van der Waals surface area (Å²) in [6, 6.07) is 16.1. The zero-order valence-electron chi connectivity index (χ0n) is 17.3. The zero-order chi connectivity index (χ0) is 18.7. The summed E-state index contributed by atoms with van der Waals surface area (Å²) in [5.41, 5.74) is 10.5. The first-order valence-electron chi connectivity index (χ1n) is 8.95. The van der Waals surface area contributed by atoms with Crippen LogP contribution in [0.1, 0.15) is 41.3 Å². The number of carbonyl (C=O) groups excluding carboxylic acids is 1. The fourth-order valence-electron chi connectivity index (χ4n) is 3.83. The molecule has 4 unspecified atom stereocenters. The molecular formula is C22H29BN2O3Y-. The van der Waals surface area contributed by atoms with Crippen molar-refractivity contribution in [3.63, 3.8) is 0 Å². The van der Waals surface area contributed by atoms with Gasteiger partial charge in [0.25, 0.3) is 0 Å². The number of fused-ring (bicyclic) bond motifs is 2. The van der Waals surface area contributed by atoms with Crippen molar-refractivity contribution in [2.45, 2.75) is 44.1 Å². The number of nitrogens with two attached hydrogens (primary N) is 1. The molecule has 4 rings (SSSR count). The van der Waals surface area contributed by atoms with Gasteiger partial charge in [0.1, 0.15) is 6.10 Å². The number of hydrogen-bond acceptors (Lipinski definition) is 5. The SMILES string of the molecule is CNC1c2ccccc2CC1OC(C)=O.NC1c2ccccc2CC1O.[B].[CH3-].[Y]. The molecule has 2 aliphatic carbocycles. The van der Waals surface area contributed by atoms with E-state index in [9.17, 15) is 9.90 Å². The van der Waals surface area contributed by atoms with E-state index in [1.807, 2.05) is 43.4 Å². The Hall–Kier alpha value is -1.04. The van der Waals surface area contributed by atoms with Crippen LogP contribution in [-0.2, 0) is 55.1 Å². The molecule has 4 radical (unpaired) electrons. The summed E-state index contributed by atoms with van der Waals surface area (Å²) >= 11 is 0. The van der Waals surface area contributed by atoms with Crippen molar-refractivity contribution >= 4 is 14.4 Å². The van der Waals surface area contributed by atoms with E-state index in [0.717, 1.165) is 12.0 Å². The number of aliphatic hydroxyl groups is 1. The fourth-order valence-corrected chi connectivity index (χ4v) is 3.83. The number of esters is 1. The Kier molecular flexibility index (Phi) is 12.2. The van der Waals surface area contributed by atoms with Gasteiger partial charge in [-0.15, -0.1) is 0 Å². The minimum absolute atomic E-state index is 0. The zero-order valence-corrected chi connectivity index (χ0v) is 20.2. The van der Waals surface area contributed by atoms with Gasteiger partial charge in [0, 0.05) is 60.9 Å². The monoisotopic (exact) mass is 469 g/mol. The summed E-state index contributed by atoms with van der Waals surface area (Å²) in [6.07, 6.45) is 1.07. The summed E-state index contributed by atoms with van der Waals surface area (Å²) in [6.45, 7) is 1.45. The van der Waals surface area contributed by atoms with Crippen molar-refractivity contribution in [1.82, 2.24) is 5.32 Å². The van der Waals surface area contributed by atoms with Crippen LogP contribution in [0.4, 0.5) is 0 Å². The Bertz CT molecular complexity index is 790. The van der Waals surface area contributed by atoms with E-state index < -0.39 is 0 Å². The molecule has 0 amide bonds. The second-order valence-electron chi connectivity index (χ2n) is 6.81. The number of aliphatic hydroxyl groups excluding tert-OH is 1. The predicted molar refractivity (Wildman–Crippen MR) is 113 cm³/mol. The number of likely N-dealkylation sites (N-methyl/N-ethyl adjacent to an activating group) is 1. The molecule has 2 aliphatic rings. The van der Waals surface area contributed by atoms with Crippen LogP contribution in [0, 0.1) is 7.43 Å². The molecule has 2 aromatic rings. The van der Waals surface area contributed by atoms with Crippen molar-refractivity contribution in [3.8, 4) is 0 Å².